The second-order valence-electron chi connectivity index (χ2n) is 5.99. The first-order valence-electron chi connectivity index (χ1n) is 7.92. The van der Waals surface area contributed by atoms with E-state index in [1.54, 1.807) is 0 Å². The molecule has 116 valence electrons. The third-order valence-electron chi connectivity index (χ3n) is 3.94. The third kappa shape index (κ3) is 4.52. The molecule has 0 saturated heterocycles. The van der Waals surface area contributed by atoms with E-state index < -0.39 is 0 Å². The van der Waals surface area contributed by atoms with Gasteiger partial charge in [0.2, 0.25) is 0 Å². The minimum Gasteiger partial charge on any atom is -0.632 e. The van der Waals surface area contributed by atoms with Crippen molar-refractivity contribution in [1.29, 1.82) is 0 Å². The summed E-state index contributed by atoms with van der Waals surface area (Å²) < 4.78 is -0.280. The Morgan fingerprint density at radius 2 is 0.739 bits per heavy atom. The second-order valence-corrected chi connectivity index (χ2v) is 5.99. The van der Waals surface area contributed by atoms with Crippen molar-refractivity contribution in [3.05, 3.63) is 113 Å². The monoisotopic (exact) mass is 303 g/mol. The van der Waals surface area contributed by atoms with Crippen molar-refractivity contribution in [2.75, 3.05) is 0 Å². The fourth-order valence-electron chi connectivity index (χ4n) is 2.92. The molecular formula is C21H21NO. The van der Waals surface area contributed by atoms with Gasteiger partial charge >= 0.3 is 0 Å². The summed E-state index contributed by atoms with van der Waals surface area (Å²) in [6.07, 6.45) is 0. The Morgan fingerprint density at radius 3 is 1.00 bits per heavy atom. The van der Waals surface area contributed by atoms with E-state index in [0.29, 0.717) is 19.6 Å². The van der Waals surface area contributed by atoms with Gasteiger partial charge in [-0.2, -0.15) is 0 Å². The average molecular weight is 303 g/mol. The van der Waals surface area contributed by atoms with Gasteiger partial charge in [0.25, 0.3) is 0 Å². The first-order chi connectivity index (χ1) is 11.2. The van der Waals surface area contributed by atoms with Crippen molar-refractivity contribution in [2.45, 2.75) is 19.6 Å². The fourth-order valence-corrected chi connectivity index (χ4v) is 2.92. The lowest BCUT2D eigenvalue weighted by atomic mass is 10.1. The van der Waals surface area contributed by atoms with Crippen molar-refractivity contribution in [2.24, 2.45) is 0 Å². The minimum absolute atomic E-state index is 0.280. The molecule has 3 aromatic rings. The number of quaternary nitrogens is 1. The van der Waals surface area contributed by atoms with Gasteiger partial charge in [-0.3, -0.25) is 0 Å². The molecule has 0 aliphatic rings. The molecule has 0 spiro atoms. The molecule has 0 fully saturated rings. The summed E-state index contributed by atoms with van der Waals surface area (Å²) in [5.74, 6) is 0. The highest BCUT2D eigenvalue weighted by Crippen LogP contribution is 2.22. The highest BCUT2D eigenvalue weighted by Gasteiger charge is 2.19. The summed E-state index contributed by atoms with van der Waals surface area (Å²) in [5.41, 5.74) is 3.23. The van der Waals surface area contributed by atoms with E-state index >= 15 is 0 Å². The lowest BCUT2D eigenvalue weighted by Crippen LogP contribution is -2.39. The lowest BCUT2D eigenvalue weighted by Gasteiger charge is -2.43. The van der Waals surface area contributed by atoms with Gasteiger partial charge < -0.3 is 9.85 Å². The van der Waals surface area contributed by atoms with E-state index in [1.165, 1.54) is 0 Å². The number of benzene rings is 3. The van der Waals surface area contributed by atoms with Crippen molar-refractivity contribution >= 4 is 0 Å². The van der Waals surface area contributed by atoms with Crippen LogP contribution in [-0.2, 0) is 19.6 Å². The smallest absolute Gasteiger partial charge is 0.105 e. The van der Waals surface area contributed by atoms with Gasteiger partial charge in [0, 0.05) is 16.7 Å². The zero-order chi connectivity index (χ0) is 16.0. The molecule has 0 aromatic heterocycles. The van der Waals surface area contributed by atoms with Crippen LogP contribution in [0.5, 0.6) is 0 Å². The summed E-state index contributed by atoms with van der Waals surface area (Å²) in [6, 6.07) is 30.1. The molecule has 2 nitrogen and oxygen atoms in total. The standard InChI is InChI=1S/C21H21NO/c23-22(16-19-10-4-1-5-11-19,17-20-12-6-2-7-13-20)18-21-14-8-3-9-15-21/h1-15H,16-18H2. The van der Waals surface area contributed by atoms with E-state index in [9.17, 15) is 5.21 Å². The van der Waals surface area contributed by atoms with Crippen molar-refractivity contribution in [3.8, 4) is 0 Å². The number of hydrogen-bond acceptors (Lipinski definition) is 1. The lowest BCUT2D eigenvalue weighted by molar-refractivity contribution is -0.920. The molecule has 0 unspecified atom stereocenters. The second kappa shape index (κ2) is 7.23. The molecule has 23 heavy (non-hydrogen) atoms. The Bertz CT molecular complexity index is 609. The van der Waals surface area contributed by atoms with Gasteiger partial charge in [0.1, 0.15) is 19.6 Å². The van der Waals surface area contributed by atoms with E-state index in [-0.39, 0.29) is 4.65 Å². The molecular weight excluding hydrogens is 282 g/mol. The van der Waals surface area contributed by atoms with Crippen LogP contribution in [0.2, 0.25) is 0 Å². The topological polar surface area (TPSA) is 23.1 Å². The van der Waals surface area contributed by atoms with Gasteiger partial charge in [-0.15, -0.1) is 0 Å². The summed E-state index contributed by atoms with van der Waals surface area (Å²) in [5, 5.41) is 13.5. The van der Waals surface area contributed by atoms with Crippen LogP contribution in [-0.4, -0.2) is 4.65 Å². The Kier molecular flexibility index (Phi) is 4.86. The van der Waals surface area contributed by atoms with Crippen LogP contribution in [0.25, 0.3) is 0 Å². The van der Waals surface area contributed by atoms with Gasteiger partial charge in [0.05, 0.1) is 0 Å². The highest BCUT2D eigenvalue weighted by molar-refractivity contribution is 5.17. The van der Waals surface area contributed by atoms with Gasteiger partial charge in [0.15, 0.2) is 0 Å². The fraction of sp³-hybridized carbons (Fsp3) is 0.143. The number of rotatable bonds is 6. The molecule has 3 rings (SSSR count). The van der Waals surface area contributed by atoms with Crippen LogP contribution in [0.3, 0.4) is 0 Å². The Hall–Kier alpha value is -2.42. The first kappa shape index (κ1) is 15.5. The number of hydrogen-bond donors (Lipinski definition) is 0. The largest absolute Gasteiger partial charge is 0.632 e. The van der Waals surface area contributed by atoms with E-state index in [0.717, 1.165) is 16.7 Å². The molecule has 2 heteroatoms. The zero-order valence-electron chi connectivity index (χ0n) is 13.1. The Labute approximate surface area is 137 Å². The van der Waals surface area contributed by atoms with Crippen LogP contribution >= 0.6 is 0 Å². The molecule has 0 atom stereocenters. The summed E-state index contributed by atoms with van der Waals surface area (Å²) in [4.78, 5) is 0. The molecule has 0 heterocycles. The highest BCUT2D eigenvalue weighted by atomic mass is 16.5. The van der Waals surface area contributed by atoms with Crippen molar-refractivity contribution in [3.63, 3.8) is 0 Å². The van der Waals surface area contributed by atoms with Crippen LogP contribution < -0.4 is 0 Å². The quantitative estimate of drug-likeness (QED) is 0.469. The van der Waals surface area contributed by atoms with Crippen LogP contribution in [0, 0.1) is 5.21 Å². The first-order valence-corrected chi connectivity index (χ1v) is 7.92. The van der Waals surface area contributed by atoms with Crippen molar-refractivity contribution in [1.82, 2.24) is 0 Å². The molecule has 0 aliphatic carbocycles. The summed E-state index contributed by atoms with van der Waals surface area (Å²) in [6.45, 7) is 1.43. The molecule has 3 aromatic carbocycles. The third-order valence-corrected chi connectivity index (χ3v) is 3.94. The number of hydroxylamine groups is 3. The Morgan fingerprint density at radius 1 is 0.478 bits per heavy atom. The minimum atomic E-state index is -0.280. The van der Waals surface area contributed by atoms with Crippen LogP contribution in [0.15, 0.2) is 91.0 Å². The summed E-state index contributed by atoms with van der Waals surface area (Å²) >= 11 is 0. The van der Waals surface area contributed by atoms with Crippen molar-refractivity contribution < 1.29 is 4.65 Å². The predicted molar refractivity (Wildman–Crippen MR) is 94.1 cm³/mol. The maximum Gasteiger partial charge on any atom is 0.105 e. The molecule has 0 N–H and O–H groups in total. The zero-order valence-corrected chi connectivity index (χ0v) is 13.1. The molecule has 0 saturated carbocycles. The van der Waals surface area contributed by atoms with Crippen LogP contribution in [0.1, 0.15) is 16.7 Å². The normalized spacial score (nSPS) is 11.3. The van der Waals surface area contributed by atoms with E-state index in [2.05, 4.69) is 0 Å². The van der Waals surface area contributed by atoms with E-state index in [4.69, 9.17) is 0 Å². The predicted octanol–water partition coefficient (Wildman–Crippen LogP) is 4.90. The maximum absolute atomic E-state index is 13.5. The molecule has 0 aliphatic heterocycles. The van der Waals surface area contributed by atoms with E-state index in [1.807, 2.05) is 91.0 Å². The Balaban J connectivity index is 1.85. The molecule has 0 amide bonds. The molecule has 0 radical (unpaired) electrons. The SMILES string of the molecule is [O-][N+](Cc1ccccc1)(Cc1ccccc1)Cc1ccccc1. The number of nitrogens with zero attached hydrogens (tertiary/aromatic N) is 1. The van der Waals surface area contributed by atoms with Gasteiger partial charge in [-0.25, -0.2) is 0 Å². The summed E-state index contributed by atoms with van der Waals surface area (Å²) in [7, 11) is 0. The van der Waals surface area contributed by atoms with Crippen LogP contribution in [0.4, 0.5) is 0 Å². The average Bonchev–Trinajstić information content (AvgIpc) is 2.57. The van der Waals surface area contributed by atoms with Gasteiger partial charge in [-0.1, -0.05) is 91.0 Å². The van der Waals surface area contributed by atoms with Gasteiger partial charge in [-0.05, 0) is 0 Å². The molecule has 0 bridgehead atoms. The maximum atomic E-state index is 13.5.